The van der Waals surface area contributed by atoms with Gasteiger partial charge in [0.05, 0.1) is 16.3 Å². The van der Waals surface area contributed by atoms with E-state index in [9.17, 15) is 36.6 Å². The average Bonchev–Trinajstić information content (AvgIpc) is 3.18. The van der Waals surface area contributed by atoms with Crippen LogP contribution in [0.3, 0.4) is 0 Å². The predicted molar refractivity (Wildman–Crippen MR) is 158 cm³/mol. The Morgan fingerprint density at radius 2 is 1.89 bits per heavy atom. The van der Waals surface area contributed by atoms with Gasteiger partial charge in [-0.2, -0.15) is 8.42 Å². The van der Waals surface area contributed by atoms with Crippen LogP contribution < -0.4 is 66.9 Å². The molecule has 0 saturated heterocycles. The molecule has 11 nitrogen and oxygen atoms in total. The van der Waals surface area contributed by atoms with Gasteiger partial charge in [-0.05, 0) is 97.3 Å². The normalized spacial score (nSPS) is 34.4. The monoisotopic (exact) mass is 691 g/mol. The fourth-order valence-electron chi connectivity index (χ4n) is 8.13. The molecule has 2 fully saturated rings. The summed E-state index contributed by atoms with van der Waals surface area (Å²) >= 11 is 5.70. The van der Waals surface area contributed by atoms with Crippen LogP contribution >= 0.6 is 11.6 Å². The van der Waals surface area contributed by atoms with Crippen LogP contribution in [0.2, 0.25) is 5.02 Å². The Morgan fingerprint density at radius 3 is 2.55 bits per heavy atom. The Labute approximate surface area is 305 Å². The second kappa shape index (κ2) is 12.6. The predicted octanol–water partition coefficient (Wildman–Crippen LogP) is -0.311. The number of aliphatic carboxylic acids is 1. The Hall–Kier alpha value is -0.944. The average molecular weight is 692 g/mol. The molecular weight excluding hydrogens is 657 g/mol. The molecule has 0 aromatic heterocycles. The minimum atomic E-state index is -4.09. The number of halogens is 1. The van der Waals surface area contributed by atoms with Crippen molar-refractivity contribution in [3.63, 3.8) is 0 Å². The Morgan fingerprint density at radius 1 is 1.20 bits per heavy atom. The van der Waals surface area contributed by atoms with Crippen LogP contribution in [-0.2, 0) is 29.6 Å². The van der Waals surface area contributed by atoms with Crippen molar-refractivity contribution in [3.05, 3.63) is 41.0 Å². The summed E-state index contributed by atoms with van der Waals surface area (Å²) in [6.07, 6.45) is 12.6. The van der Waals surface area contributed by atoms with Crippen molar-refractivity contribution >= 4 is 55.4 Å². The molecule has 1 aromatic carbocycles. The topological polar surface area (TPSA) is 196 Å². The molecule has 1 aliphatic heterocycles. The summed E-state index contributed by atoms with van der Waals surface area (Å²) in [4.78, 5) is 22.1. The van der Waals surface area contributed by atoms with E-state index in [2.05, 4.69) is 35.7 Å². The number of hydrogen-bond donors (Lipinski definition) is 3. The fraction of sp³-hybridized carbons (Fsp3) is 0.552. The number of hydrogen-bond acceptors (Lipinski definition) is 9. The van der Waals surface area contributed by atoms with Gasteiger partial charge in [0.2, 0.25) is 10.0 Å². The summed E-state index contributed by atoms with van der Waals surface area (Å²) in [5, 5.41) is 29.6. The number of anilines is 1. The minimum Gasteiger partial charge on any atom is -0.550 e. The maximum Gasteiger partial charge on any atom is 1.00 e. The SMILES string of the molecule is CC12CCC(=O)C=C1C=CC1C2CCC2(C)C1CCC2(O)CCC(=O)[O-].NS(=O)(=O)c1cc2c(cc1Cl)NC=NS2(=O)=O.[K+]. The zero-order chi connectivity index (χ0) is 31.6. The molecule has 5 aliphatic rings. The van der Waals surface area contributed by atoms with Gasteiger partial charge >= 0.3 is 51.4 Å². The number of aliphatic hydroxyl groups is 1. The van der Waals surface area contributed by atoms with Gasteiger partial charge in [0.15, 0.2) is 5.78 Å². The zero-order valence-electron chi connectivity index (χ0n) is 24.9. The smallest absolute Gasteiger partial charge is 0.550 e. The van der Waals surface area contributed by atoms with E-state index in [4.69, 9.17) is 16.7 Å². The Kier molecular flexibility index (Phi) is 10.3. The molecule has 1 heterocycles. The Balaban J connectivity index is 0.000000214. The molecule has 6 atom stereocenters. The van der Waals surface area contributed by atoms with E-state index < -0.39 is 36.5 Å². The molecule has 4 aliphatic carbocycles. The number of allylic oxidation sites excluding steroid dienone is 4. The van der Waals surface area contributed by atoms with Gasteiger partial charge in [-0.15, -0.1) is 4.40 Å². The van der Waals surface area contributed by atoms with E-state index >= 15 is 0 Å². The largest absolute Gasteiger partial charge is 1.00 e. The molecule has 0 radical (unpaired) electrons. The first-order valence-electron chi connectivity index (χ1n) is 14.2. The van der Waals surface area contributed by atoms with E-state index in [1.165, 1.54) is 11.6 Å². The number of nitrogens with zero attached hydrogens (tertiary/aromatic N) is 1. The number of sulfonamides is 2. The molecule has 6 unspecified atom stereocenters. The third-order valence-electron chi connectivity index (χ3n) is 10.6. The van der Waals surface area contributed by atoms with Crippen molar-refractivity contribution in [2.75, 3.05) is 5.32 Å². The van der Waals surface area contributed by atoms with Gasteiger partial charge in [-0.25, -0.2) is 13.6 Å². The van der Waals surface area contributed by atoms with E-state index in [0.717, 1.165) is 38.1 Å². The van der Waals surface area contributed by atoms with Crippen LogP contribution in [-0.4, -0.2) is 45.6 Å². The maximum absolute atomic E-state index is 11.9. The maximum atomic E-state index is 11.9. The van der Waals surface area contributed by atoms with Gasteiger partial charge in [-0.3, -0.25) is 4.79 Å². The third kappa shape index (κ3) is 6.32. The van der Waals surface area contributed by atoms with Crippen molar-refractivity contribution in [2.45, 2.75) is 80.6 Å². The van der Waals surface area contributed by atoms with E-state index in [0.29, 0.717) is 37.0 Å². The summed E-state index contributed by atoms with van der Waals surface area (Å²) in [6, 6.07) is 2.05. The number of benzene rings is 1. The number of rotatable bonds is 4. The summed E-state index contributed by atoms with van der Waals surface area (Å²) in [5.74, 6) is 0.444. The molecule has 15 heteroatoms. The second-order valence-corrected chi connectivity index (χ2v) is 16.2. The molecule has 234 valence electrons. The number of carboxylic acid groups (broad SMARTS) is 1. The second-order valence-electron chi connectivity index (χ2n) is 12.7. The van der Waals surface area contributed by atoms with Crippen LogP contribution in [0.4, 0.5) is 5.69 Å². The van der Waals surface area contributed by atoms with E-state index in [1.807, 2.05) is 6.08 Å². The number of ketones is 1. The number of carbonyl (C=O) groups is 2. The van der Waals surface area contributed by atoms with Gasteiger partial charge < -0.3 is 20.3 Å². The molecule has 0 bridgehead atoms. The summed E-state index contributed by atoms with van der Waals surface area (Å²) < 4.78 is 48.7. The standard InChI is InChI=1S/C22H30O4.C7H6ClN3O4S2.K/c1-20-9-5-15(23)13-14(20)3-4-16-17(20)6-10-21(2)18(16)7-11-22(21,26)12-8-19(24)25;8-4-1-5-7(2-6(4)16(9,12)13)17(14,15)11-3-10-5;/h3-4,13,16-18,26H,5-12H2,1-2H3,(H,24,25);1-3H,(H,10,11)(H2,9,12,13);/q;;+1/p-1. The molecule has 4 N–H and O–H groups in total. The summed E-state index contributed by atoms with van der Waals surface area (Å²) in [7, 11) is -8.01. The van der Waals surface area contributed by atoms with E-state index in [-0.39, 0.29) is 90.0 Å². The molecular formula is C29H35ClKN3O8S2. The minimum absolute atomic E-state index is 0. The van der Waals surface area contributed by atoms with Crippen molar-refractivity contribution in [3.8, 4) is 0 Å². The van der Waals surface area contributed by atoms with Gasteiger partial charge in [0.1, 0.15) is 16.1 Å². The molecule has 0 spiro atoms. The molecule has 1 aromatic rings. The first kappa shape index (κ1) is 35.9. The van der Waals surface area contributed by atoms with Gasteiger partial charge in [0.25, 0.3) is 10.0 Å². The fourth-order valence-corrected chi connectivity index (χ4v) is 10.3. The molecule has 0 amide bonds. The van der Waals surface area contributed by atoms with Crippen LogP contribution in [0.1, 0.15) is 65.2 Å². The van der Waals surface area contributed by atoms with Crippen molar-refractivity contribution in [1.82, 2.24) is 0 Å². The van der Waals surface area contributed by atoms with Gasteiger partial charge in [-0.1, -0.05) is 37.6 Å². The van der Waals surface area contributed by atoms with Crippen LogP contribution in [0.5, 0.6) is 0 Å². The molecule has 2 saturated carbocycles. The zero-order valence-corrected chi connectivity index (χ0v) is 30.4. The third-order valence-corrected chi connectivity index (χ3v) is 13.3. The van der Waals surface area contributed by atoms with Crippen LogP contribution in [0.25, 0.3) is 0 Å². The quantitative estimate of drug-likeness (QED) is 0.355. The molecule has 44 heavy (non-hydrogen) atoms. The van der Waals surface area contributed by atoms with Crippen molar-refractivity contribution in [2.24, 2.45) is 38.1 Å². The number of primary sulfonamides is 1. The van der Waals surface area contributed by atoms with Crippen molar-refractivity contribution in [1.29, 1.82) is 0 Å². The summed E-state index contributed by atoms with van der Waals surface area (Å²) in [6.45, 7) is 4.48. The van der Waals surface area contributed by atoms with Gasteiger partial charge in [0, 0.05) is 12.4 Å². The van der Waals surface area contributed by atoms with Crippen molar-refractivity contribution < 1.29 is 88.0 Å². The first-order valence-corrected chi connectivity index (χ1v) is 17.5. The number of nitrogens with one attached hydrogen (secondary N) is 1. The summed E-state index contributed by atoms with van der Waals surface area (Å²) in [5.41, 5.74) is 0.244. The number of carbonyl (C=O) groups excluding carboxylic acids is 2. The first-order chi connectivity index (χ1) is 19.9. The van der Waals surface area contributed by atoms with Crippen LogP contribution in [0, 0.1) is 28.6 Å². The number of nitrogens with two attached hydrogens (primary N) is 1. The van der Waals surface area contributed by atoms with Crippen LogP contribution in [0.15, 0.2) is 50.1 Å². The molecule has 6 rings (SSSR count). The number of carboxylic acids is 1. The number of fused-ring (bicyclic) bond motifs is 6. The van der Waals surface area contributed by atoms with E-state index in [1.54, 1.807) is 0 Å². The Bertz CT molecular complexity index is 1700.